The summed E-state index contributed by atoms with van der Waals surface area (Å²) in [6.07, 6.45) is 4.43. The third-order valence-corrected chi connectivity index (χ3v) is 5.02. The van der Waals surface area contributed by atoms with Crippen LogP contribution in [0.4, 0.5) is 0 Å². The van der Waals surface area contributed by atoms with E-state index in [1.54, 1.807) is 0 Å². The smallest absolute Gasteiger partial charge is 0.253 e. The Bertz CT molecular complexity index is 532. The van der Waals surface area contributed by atoms with Crippen LogP contribution in [0.15, 0.2) is 24.3 Å². The second kappa shape index (κ2) is 9.32. The van der Waals surface area contributed by atoms with Crippen LogP contribution in [0.3, 0.4) is 0 Å². The first kappa shape index (κ1) is 18.4. The van der Waals surface area contributed by atoms with Gasteiger partial charge in [0.1, 0.15) is 0 Å². The number of ether oxygens (including phenoxy) is 2. The summed E-state index contributed by atoms with van der Waals surface area (Å²) in [6, 6.07) is 7.85. The van der Waals surface area contributed by atoms with Gasteiger partial charge < -0.3 is 14.4 Å². The molecular formula is C20H30N2O3. The average molecular weight is 346 g/mol. The molecule has 0 radical (unpaired) electrons. The minimum Gasteiger partial charge on any atom is -0.353 e. The summed E-state index contributed by atoms with van der Waals surface area (Å²) in [5.74, 6) is 0.150. The maximum Gasteiger partial charge on any atom is 0.253 e. The topological polar surface area (TPSA) is 42.0 Å². The van der Waals surface area contributed by atoms with Gasteiger partial charge in [-0.25, -0.2) is 0 Å². The molecule has 5 nitrogen and oxygen atoms in total. The van der Waals surface area contributed by atoms with Crippen molar-refractivity contribution < 1.29 is 14.3 Å². The van der Waals surface area contributed by atoms with Crippen molar-refractivity contribution in [2.75, 3.05) is 45.9 Å². The number of piperazine rings is 1. The molecule has 0 spiro atoms. The second-order valence-electron chi connectivity index (χ2n) is 7.02. The lowest BCUT2D eigenvalue weighted by Gasteiger charge is -2.35. The number of carbonyl (C=O) groups is 1. The van der Waals surface area contributed by atoms with Crippen LogP contribution >= 0.6 is 0 Å². The van der Waals surface area contributed by atoms with Crippen molar-refractivity contribution in [2.24, 2.45) is 0 Å². The Labute approximate surface area is 150 Å². The SMILES string of the molecule is Cc1ccc(C(=O)N2CCN(CCCO[C@H]3CCCCO3)CC2)cc1. The minimum atomic E-state index is 0.0118. The Morgan fingerprint density at radius 2 is 1.92 bits per heavy atom. The predicted molar refractivity (Wildman–Crippen MR) is 97.7 cm³/mol. The average Bonchev–Trinajstić information content (AvgIpc) is 2.67. The molecule has 138 valence electrons. The first-order chi connectivity index (χ1) is 12.2. The number of amides is 1. The van der Waals surface area contributed by atoms with Crippen LogP contribution in [0.25, 0.3) is 0 Å². The molecule has 5 heteroatoms. The number of rotatable bonds is 6. The quantitative estimate of drug-likeness (QED) is 0.743. The van der Waals surface area contributed by atoms with Gasteiger partial charge in [-0.2, -0.15) is 0 Å². The summed E-state index contributed by atoms with van der Waals surface area (Å²) >= 11 is 0. The molecule has 1 amide bonds. The molecule has 0 bridgehead atoms. The fourth-order valence-electron chi connectivity index (χ4n) is 3.40. The number of carbonyl (C=O) groups excluding carboxylic acids is 1. The molecule has 2 aliphatic rings. The van der Waals surface area contributed by atoms with E-state index >= 15 is 0 Å². The summed E-state index contributed by atoms with van der Waals surface area (Å²) in [5.41, 5.74) is 1.97. The van der Waals surface area contributed by atoms with Gasteiger partial charge in [0.25, 0.3) is 5.91 Å². The van der Waals surface area contributed by atoms with Gasteiger partial charge in [0.15, 0.2) is 6.29 Å². The molecule has 25 heavy (non-hydrogen) atoms. The first-order valence-corrected chi connectivity index (χ1v) is 9.54. The van der Waals surface area contributed by atoms with Crippen LogP contribution in [-0.2, 0) is 9.47 Å². The van der Waals surface area contributed by atoms with Gasteiger partial charge in [0.05, 0.1) is 6.61 Å². The number of aryl methyl sites for hydroxylation is 1. The fraction of sp³-hybridized carbons (Fsp3) is 0.650. The van der Waals surface area contributed by atoms with Crippen molar-refractivity contribution in [3.63, 3.8) is 0 Å². The van der Waals surface area contributed by atoms with Crippen molar-refractivity contribution in [3.8, 4) is 0 Å². The van der Waals surface area contributed by atoms with Crippen molar-refractivity contribution in [2.45, 2.75) is 38.9 Å². The highest BCUT2D eigenvalue weighted by molar-refractivity contribution is 5.94. The van der Waals surface area contributed by atoms with E-state index < -0.39 is 0 Å². The first-order valence-electron chi connectivity index (χ1n) is 9.54. The summed E-state index contributed by atoms with van der Waals surface area (Å²) in [5, 5.41) is 0. The standard InChI is InChI=1S/C20H30N2O3/c1-17-6-8-18(9-7-17)20(23)22-13-11-21(12-14-22)10-4-16-25-19-5-2-3-15-24-19/h6-9,19H,2-5,10-16H2,1H3/t19-/m0/s1. The highest BCUT2D eigenvalue weighted by Gasteiger charge is 2.22. The van der Waals surface area contributed by atoms with Crippen LogP contribution in [0.2, 0.25) is 0 Å². The molecule has 2 fully saturated rings. The Balaban J connectivity index is 1.33. The molecule has 0 saturated carbocycles. The van der Waals surface area contributed by atoms with Crippen LogP contribution in [0.1, 0.15) is 41.6 Å². The summed E-state index contributed by atoms with van der Waals surface area (Å²) in [4.78, 5) is 16.9. The predicted octanol–water partition coefficient (Wildman–Crippen LogP) is 2.69. The highest BCUT2D eigenvalue weighted by Crippen LogP contribution is 2.14. The minimum absolute atomic E-state index is 0.0118. The zero-order valence-corrected chi connectivity index (χ0v) is 15.3. The largest absolute Gasteiger partial charge is 0.353 e. The Morgan fingerprint density at radius 1 is 1.16 bits per heavy atom. The van der Waals surface area contributed by atoms with Gasteiger partial charge in [0, 0.05) is 44.9 Å². The lowest BCUT2D eigenvalue weighted by Crippen LogP contribution is -2.49. The number of hydrogen-bond acceptors (Lipinski definition) is 4. The van der Waals surface area contributed by atoms with Gasteiger partial charge in [-0.3, -0.25) is 9.69 Å². The van der Waals surface area contributed by atoms with Crippen LogP contribution in [0, 0.1) is 6.92 Å². The van der Waals surface area contributed by atoms with Crippen molar-refractivity contribution in [3.05, 3.63) is 35.4 Å². The van der Waals surface area contributed by atoms with Crippen LogP contribution < -0.4 is 0 Å². The zero-order valence-electron chi connectivity index (χ0n) is 15.3. The van der Waals surface area contributed by atoms with E-state index in [-0.39, 0.29) is 12.2 Å². The molecule has 2 aliphatic heterocycles. The van der Waals surface area contributed by atoms with E-state index in [2.05, 4.69) is 4.90 Å². The molecule has 1 aromatic carbocycles. The highest BCUT2D eigenvalue weighted by atomic mass is 16.7. The Kier molecular flexibility index (Phi) is 6.84. The van der Waals surface area contributed by atoms with Crippen molar-refractivity contribution >= 4 is 5.91 Å². The van der Waals surface area contributed by atoms with E-state index in [1.165, 1.54) is 12.0 Å². The van der Waals surface area contributed by atoms with Crippen molar-refractivity contribution in [1.82, 2.24) is 9.80 Å². The Hall–Kier alpha value is -1.43. The molecule has 2 saturated heterocycles. The van der Waals surface area contributed by atoms with Gasteiger partial charge in [0.2, 0.25) is 0 Å². The molecule has 3 rings (SSSR count). The van der Waals surface area contributed by atoms with Gasteiger partial charge in [-0.1, -0.05) is 17.7 Å². The van der Waals surface area contributed by atoms with Gasteiger partial charge in [-0.15, -0.1) is 0 Å². The zero-order chi connectivity index (χ0) is 17.5. The maximum atomic E-state index is 12.5. The number of benzene rings is 1. The molecule has 1 aromatic rings. The molecule has 0 unspecified atom stereocenters. The lowest BCUT2D eigenvalue weighted by molar-refractivity contribution is -0.163. The number of hydrogen-bond donors (Lipinski definition) is 0. The van der Waals surface area contributed by atoms with Crippen LogP contribution in [0.5, 0.6) is 0 Å². The molecule has 0 N–H and O–H groups in total. The second-order valence-corrected chi connectivity index (χ2v) is 7.02. The summed E-state index contributed by atoms with van der Waals surface area (Å²) in [7, 11) is 0. The van der Waals surface area contributed by atoms with Gasteiger partial charge >= 0.3 is 0 Å². The monoisotopic (exact) mass is 346 g/mol. The maximum absolute atomic E-state index is 12.5. The summed E-state index contributed by atoms with van der Waals surface area (Å²) in [6.45, 7) is 8.15. The molecule has 0 aromatic heterocycles. The molecule has 2 heterocycles. The normalized spacial score (nSPS) is 22.1. The van der Waals surface area contributed by atoms with E-state index in [9.17, 15) is 4.79 Å². The van der Waals surface area contributed by atoms with Crippen molar-refractivity contribution in [1.29, 1.82) is 0 Å². The van der Waals surface area contributed by atoms with Crippen LogP contribution in [-0.4, -0.2) is 67.9 Å². The van der Waals surface area contributed by atoms with Gasteiger partial charge in [-0.05, 0) is 44.7 Å². The third kappa shape index (κ3) is 5.53. The van der Waals surface area contributed by atoms with E-state index in [4.69, 9.17) is 9.47 Å². The fourth-order valence-corrected chi connectivity index (χ4v) is 3.40. The number of nitrogens with zero attached hydrogens (tertiary/aromatic N) is 2. The van der Waals surface area contributed by atoms with E-state index in [0.717, 1.165) is 70.8 Å². The lowest BCUT2D eigenvalue weighted by atomic mass is 10.1. The van der Waals surface area contributed by atoms with E-state index in [0.29, 0.717) is 0 Å². The van der Waals surface area contributed by atoms with E-state index in [1.807, 2.05) is 36.1 Å². The molecular weight excluding hydrogens is 316 g/mol. The molecule has 0 aliphatic carbocycles. The Morgan fingerprint density at radius 3 is 2.60 bits per heavy atom. The third-order valence-electron chi connectivity index (χ3n) is 5.02. The summed E-state index contributed by atoms with van der Waals surface area (Å²) < 4.78 is 11.4. The molecule has 1 atom stereocenters.